The molecule has 0 amide bonds. The third-order valence-corrected chi connectivity index (χ3v) is 4.45. The van der Waals surface area contributed by atoms with Crippen LogP contribution in [-0.2, 0) is 3.07 Å². The summed E-state index contributed by atoms with van der Waals surface area (Å²) in [6.45, 7) is 0. The zero-order valence-corrected chi connectivity index (χ0v) is 10.5. The minimum Gasteiger partial charge on any atom is -0.507 e. The van der Waals surface area contributed by atoms with Crippen LogP contribution < -0.4 is 0 Å². The van der Waals surface area contributed by atoms with E-state index in [4.69, 9.17) is 0 Å². The molecule has 1 aromatic carbocycles. The fraction of sp³-hybridized carbons (Fsp3) is 0. The van der Waals surface area contributed by atoms with Gasteiger partial charge in [-0.3, -0.25) is 3.07 Å². The van der Waals surface area contributed by atoms with Crippen molar-refractivity contribution < 1.29 is 8.18 Å². The molecule has 0 aromatic heterocycles. The lowest BCUT2D eigenvalue weighted by Gasteiger charge is -1.99. The van der Waals surface area contributed by atoms with Gasteiger partial charge in [-0.1, -0.05) is 15.9 Å². The molecule has 11 heavy (non-hydrogen) atoms. The van der Waals surface area contributed by atoms with Gasteiger partial charge in [-0.15, -0.1) is 0 Å². The molecule has 0 fully saturated rings. The molecule has 0 saturated heterocycles. The van der Waals surface area contributed by atoms with Crippen molar-refractivity contribution >= 4 is 53.1 Å². The number of aromatic hydroxyl groups is 1. The van der Waals surface area contributed by atoms with Crippen LogP contribution in [0.3, 0.4) is 0 Å². The van der Waals surface area contributed by atoms with Crippen LogP contribution >= 0.6 is 53.1 Å². The van der Waals surface area contributed by atoms with Crippen LogP contribution in [-0.4, -0.2) is 5.11 Å². The highest BCUT2D eigenvalue weighted by Crippen LogP contribution is 2.33. The minimum absolute atomic E-state index is 0.0778. The summed E-state index contributed by atoms with van der Waals surface area (Å²) in [7, 11) is 0. The Morgan fingerprint density at radius 2 is 2.00 bits per heavy atom. The van der Waals surface area contributed by atoms with E-state index >= 15 is 0 Å². The van der Waals surface area contributed by atoms with Crippen molar-refractivity contribution in [2.24, 2.45) is 0 Å². The van der Waals surface area contributed by atoms with Gasteiger partial charge in [-0.05, 0) is 28.1 Å². The number of benzene rings is 1. The third-order valence-electron chi connectivity index (χ3n) is 1.05. The molecule has 5 heteroatoms. The molecule has 0 atom stereocenters. The van der Waals surface area contributed by atoms with Gasteiger partial charge in [-0.2, -0.15) is 0 Å². The van der Waals surface area contributed by atoms with Gasteiger partial charge in [0, 0.05) is 8.95 Å². The number of hydrogen-bond acceptors (Lipinski definition) is 2. The molecule has 0 aliphatic heterocycles. The number of phenolic OH excluding ortho intramolecular Hbond substituents is 1. The standard InChI is InChI=1S/C6H3Br2IO2/c7-3-1-4(8)6(9-11)5(10)2-3/h1-2,10H. The maximum Gasteiger partial charge on any atom is 0.187 e. The van der Waals surface area contributed by atoms with Gasteiger partial charge in [0.1, 0.15) is 9.32 Å². The van der Waals surface area contributed by atoms with E-state index in [9.17, 15) is 8.18 Å². The average Bonchev–Trinajstić information content (AvgIpc) is 1.85. The van der Waals surface area contributed by atoms with E-state index in [1.807, 2.05) is 0 Å². The summed E-state index contributed by atoms with van der Waals surface area (Å²) in [5.41, 5.74) is 0. The van der Waals surface area contributed by atoms with E-state index in [1.165, 1.54) is 6.07 Å². The van der Waals surface area contributed by atoms with E-state index in [2.05, 4.69) is 31.9 Å². The summed E-state index contributed by atoms with van der Waals surface area (Å²) in [5.74, 6) is 0.0778. The Morgan fingerprint density at radius 1 is 1.36 bits per heavy atom. The van der Waals surface area contributed by atoms with Gasteiger partial charge < -0.3 is 5.11 Å². The van der Waals surface area contributed by atoms with Crippen LogP contribution in [0.5, 0.6) is 5.75 Å². The Kier molecular flexibility index (Phi) is 3.45. The molecule has 0 spiro atoms. The molecular formula is C6H3Br2IO2. The molecule has 0 aliphatic carbocycles. The molecule has 60 valence electrons. The first-order chi connectivity index (χ1) is 5.15. The first-order valence-electron chi connectivity index (χ1n) is 2.60. The van der Waals surface area contributed by atoms with E-state index < -0.39 is 21.2 Å². The second-order valence-electron chi connectivity index (χ2n) is 1.80. The summed E-state index contributed by atoms with van der Waals surface area (Å²) in [6, 6.07) is 3.28. The monoisotopic (exact) mass is 392 g/mol. The number of halogens is 3. The van der Waals surface area contributed by atoms with Gasteiger partial charge in [0.05, 0.1) is 0 Å². The van der Waals surface area contributed by atoms with Gasteiger partial charge in [0.2, 0.25) is 0 Å². The predicted molar refractivity (Wildman–Crippen MR) is 56.9 cm³/mol. The van der Waals surface area contributed by atoms with Crippen molar-refractivity contribution in [3.05, 3.63) is 24.6 Å². The first-order valence-corrected chi connectivity index (χ1v) is 6.15. The zero-order valence-electron chi connectivity index (χ0n) is 5.14. The molecule has 0 bridgehead atoms. The van der Waals surface area contributed by atoms with Gasteiger partial charge in [0.15, 0.2) is 21.2 Å². The molecular weight excluding hydrogens is 391 g/mol. The highest BCUT2D eigenvalue weighted by molar-refractivity contribution is 14.1. The molecule has 1 aromatic rings. The summed E-state index contributed by atoms with van der Waals surface area (Å²) in [5, 5.41) is 9.24. The van der Waals surface area contributed by atoms with Gasteiger partial charge in [-0.25, -0.2) is 0 Å². The smallest absolute Gasteiger partial charge is 0.187 e. The van der Waals surface area contributed by atoms with Crippen LogP contribution in [0.25, 0.3) is 0 Å². The fourth-order valence-electron chi connectivity index (χ4n) is 0.619. The fourth-order valence-corrected chi connectivity index (χ4v) is 2.98. The highest BCUT2D eigenvalue weighted by Gasteiger charge is 2.06. The Balaban J connectivity index is 3.36. The van der Waals surface area contributed by atoms with E-state index in [0.717, 1.165) is 4.47 Å². The summed E-state index contributed by atoms with van der Waals surface area (Å²) in [4.78, 5) is 0. The van der Waals surface area contributed by atoms with Crippen molar-refractivity contribution in [3.8, 4) is 5.75 Å². The highest BCUT2D eigenvalue weighted by atomic mass is 127. The van der Waals surface area contributed by atoms with Crippen molar-refractivity contribution in [2.45, 2.75) is 0 Å². The average molecular weight is 394 g/mol. The van der Waals surface area contributed by atoms with E-state index in [0.29, 0.717) is 8.04 Å². The number of phenols is 1. The van der Waals surface area contributed by atoms with Crippen LogP contribution in [0.15, 0.2) is 21.1 Å². The number of hydrogen-bond donors (Lipinski definition) is 1. The summed E-state index contributed by atoms with van der Waals surface area (Å²) < 4.78 is 12.5. The maximum absolute atomic E-state index is 10.6. The second kappa shape index (κ2) is 3.95. The Morgan fingerprint density at radius 3 is 2.45 bits per heavy atom. The maximum atomic E-state index is 10.6. The quantitative estimate of drug-likeness (QED) is 0.586. The lowest BCUT2D eigenvalue weighted by molar-refractivity contribution is 0.470. The summed E-state index contributed by atoms with van der Waals surface area (Å²) >= 11 is 5.08. The molecule has 2 nitrogen and oxygen atoms in total. The molecule has 0 saturated carbocycles. The molecule has 0 unspecified atom stereocenters. The van der Waals surface area contributed by atoms with Crippen molar-refractivity contribution in [2.75, 3.05) is 0 Å². The lowest BCUT2D eigenvalue weighted by atomic mass is 10.3. The Hall–Kier alpha value is 0.510. The van der Waals surface area contributed by atoms with Crippen LogP contribution in [0.4, 0.5) is 0 Å². The largest absolute Gasteiger partial charge is 0.507 e. The molecule has 1 N–H and O–H groups in total. The van der Waals surface area contributed by atoms with Crippen molar-refractivity contribution in [1.29, 1.82) is 0 Å². The second-order valence-corrected chi connectivity index (χ2v) is 5.09. The molecule has 0 heterocycles. The first kappa shape index (κ1) is 9.60. The van der Waals surface area contributed by atoms with Crippen LogP contribution in [0.1, 0.15) is 0 Å². The van der Waals surface area contributed by atoms with E-state index in [1.54, 1.807) is 6.07 Å². The Labute approximate surface area is 90.9 Å². The number of rotatable bonds is 1. The topological polar surface area (TPSA) is 37.3 Å². The van der Waals surface area contributed by atoms with Crippen molar-refractivity contribution in [3.63, 3.8) is 0 Å². The minimum atomic E-state index is -1.31. The SMILES string of the molecule is O=Ic1c(O)cc(Br)cc1Br. The van der Waals surface area contributed by atoms with Gasteiger partial charge in [0.25, 0.3) is 0 Å². The third kappa shape index (κ3) is 2.22. The molecule has 1 rings (SSSR count). The molecule has 0 radical (unpaired) electrons. The van der Waals surface area contributed by atoms with Crippen molar-refractivity contribution in [1.82, 2.24) is 0 Å². The lowest BCUT2D eigenvalue weighted by Crippen LogP contribution is -1.77. The van der Waals surface area contributed by atoms with Crippen LogP contribution in [0.2, 0.25) is 0 Å². The normalized spacial score (nSPS) is 10.0. The molecule has 0 aliphatic rings. The van der Waals surface area contributed by atoms with E-state index in [-0.39, 0.29) is 5.75 Å². The zero-order chi connectivity index (χ0) is 8.43. The van der Waals surface area contributed by atoms with Crippen LogP contribution in [0, 0.1) is 3.57 Å². The predicted octanol–water partition coefficient (Wildman–Crippen LogP) is 3.40. The Bertz CT molecular complexity index is 278. The summed E-state index contributed by atoms with van der Waals surface area (Å²) in [6.07, 6.45) is 0. The van der Waals surface area contributed by atoms with Gasteiger partial charge >= 0.3 is 0 Å².